The minimum Gasteiger partial charge on any atom is -0.369 e. The summed E-state index contributed by atoms with van der Waals surface area (Å²) < 4.78 is 0. The fraction of sp³-hybridized carbons (Fsp3) is 0.556. The summed E-state index contributed by atoms with van der Waals surface area (Å²) in [6, 6.07) is 1.95. The zero-order valence-corrected chi connectivity index (χ0v) is 9.40. The van der Waals surface area contributed by atoms with Crippen molar-refractivity contribution >= 4 is 17.6 Å². The lowest BCUT2D eigenvalue weighted by molar-refractivity contribution is 0.737. The molecule has 0 aromatic carbocycles. The van der Waals surface area contributed by atoms with Crippen LogP contribution in [0.5, 0.6) is 0 Å². The molecule has 0 amide bonds. The molecule has 0 fully saturated rings. The standard InChI is InChI=1S/C9H16N4S/c1-3-10-4-5-11-8-6-9(14-2)13-7-12-8/h6-7,10H,3-5H2,1-2H3,(H,11,12,13). The first-order valence-electron chi connectivity index (χ1n) is 4.67. The molecule has 0 bridgehead atoms. The van der Waals surface area contributed by atoms with Gasteiger partial charge in [0, 0.05) is 19.2 Å². The van der Waals surface area contributed by atoms with Gasteiger partial charge in [-0.1, -0.05) is 6.92 Å². The van der Waals surface area contributed by atoms with Crippen LogP contribution >= 0.6 is 11.8 Å². The summed E-state index contributed by atoms with van der Waals surface area (Å²) in [6.07, 6.45) is 3.59. The molecule has 0 radical (unpaired) electrons. The third-order valence-electron chi connectivity index (χ3n) is 1.71. The number of thioether (sulfide) groups is 1. The highest BCUT2D eigenvalue weighted by Crippen LogP contribution is 2.12. The molecule has 4 nitrogen and oxygen atoms in total. The van der Waals surface area contributed by atoms with E-state index >= 15 is 0 Å². The Balaban J connectivity index is 2.34. The Kier molecular flexibility index (Phi) is 5.32. The summed E-state index contributed by atoms with van der Waals surface area (Å²) in [5.74, 6) is 0.891. The van der Waals surface area contributed by atoms with Gasteiger partial charge in [0.25, 0.3) is 0 Å². The number of aromatic nitrogens is 2. The first-order chi connectivity index (χ1) is 6.86. The molecule has 2 N–H and O–H groups in total. The molecule has 0 spiro atoms. The lowest BCUT2D eigenvalue weighted by atomic mass is 10.5. The van der Waals surface area contributed by atoms with E-state index in [0.717, 1.165) is 30.5 Å². The Morgan fingerprint density at radius 3 is 2.93 bits per heavy atom. The smallest absolute Gasteiger partial charge is 0.130 e. The maximum absolute atomic E-state index is 4.12. The van der Waals surface area contributed by atoms with Gasteiger partial charge in [0.05, 0.1) is 0 Å². The molecule has 0 aliphatic carbocycles. The van der Waals surface area contributed by atoms with Crippen molar-refractivity contribution in [1.29, 1.82) is 0 Å². The highest BCUT2D eigenvalue weighted by atomic mass is 32.2. The van der Waals surface area contributed by atoms with Crippen molar-refractivity contribution in [3.63, 3.8) is 0 Å². The van der Waals surface area contributed by atoms with Gasteiger partial charge in [-0.25, -0.2) is 9.97 Å². The molecule has 1 aromatic rings. The first-order valence-corrected chi connectivity index (χ1v) is 5.90. The van der Waals surface area contributed by atoms with Gasteiger partial charge in [-0.05, 0) is 12.8 Å². The fourth-order valence-electron chi connectivity index (χ4n) is 1.00. The molecule has 1 heterocycles. The molecule has 0 atom stereocenters. The monoisotopic (exact) mass is 212 g/mol. The van der Waals surface area contributed by atoms with E-state index in [9.17, 15) is 0 Å². The maximum Gasteiger partial charge on any atom is 0.130 e. The normalized spacial score (nSPS) is 10.1. The van der Waals surface area contributed by atoms with Gasteiger partial charge in [0.2, 0.25) is 0 Å². The lowest BCUT2D eigenvalue weighted by Gasteiger charge is -2.05. The number of likely N-dealkylation sites (N-methyl/N-ethyl adjacent to an activating group) is 1. The molecule has 0 aliphatic rings. The Hall–Kier alpha value is -0.810. The van der Waals surface area contributed by atoms with Crippen LogP contribution in [0.4, 0.5) is 5.82 Å². The van der Waals surface area contributed by atoms with Gasteiger partial charge < -0.3 is 10.6 Å². The molecule has 0 aliphatic heterocycles. The Morgan fingerprint density at radius 2 is 2.21 bits per heavy atom. The fourth-order valence-corrected chi connectivity index (χ4v) is 1.39. The van der Waals surface area contributed by atoms with E-state index < -0.39 is 0 Å². The second-order valence-corrected chi connectivity index (χ2v) is 3.55. The zero-order valence-electron chi connectivity index (χ0n) is 8.58. The molecule has 1 rings (SSSR count). The molecule has 0 unspecified atom stereocenters. The van der Waals surface area contributed by atoms with Crippen LogP contribution in [0.1, 0.15) is 6.92 Å². The van der Waals surface area contributed by atoms with Crippen LogP contribution in [0.2, 0.25) is 0 Å². The number of hydrogen-bond acceptors (Lipinski definition) is 5. The Labute approximate surface area is 88.9 Å². The third-order valence-corrected chi connectivity index (χ3v) is 2.35. The van der Waals surface area contributed by atoms with E-state index in [1.807, 2.05) is 12.3 Å². The average Bonchev–Trinajstić information content (AvgIpc) is 2.25. The van der Waals surface area contributed by atoms with Crippen LogP contribution in [-0.2, 0) is 0 Å². The van der Waals surface area contributed by atoms with E-state index in [-0.39, 0.29) is 0 Å². The van der Waals surface area contributed by atoms with Crippen LogP contribution in [0, 0.1) is 0 Å². The first kappa shape index (κ1) is 11.3. The number of hydrogen-bond donors (Lipinski definition) is 2. The van der Waals surface area contributed by atoms with Gasteiger partial charge >= 0.3 is 0 Å². The topological polar surface area (TPSA) is 49.8 Å². The second kappa shape index (κ2) is 6.62. The molecule has 0 saturated heterocycles. The number of nitrogens with one attached hydrogen (secondary N) is 2. The number of nitrogens with zero attached hydrogens (tertiary/aromatic N) is 2. The van der Waals surface area contributed by atoms with E-state index in [4.69, 9.17) is 0 Å². The minimum absolute atomic E-state index is 0.888. The van der Waals surface area contributed by atoms with Crippen molar-refractivity contribution in [2.75, 3.05) is 31.2 Å². The van der Waals surface area contributed by atoms with Crippen molar-refractivity contribution in [1.82, 2.24) is 15.3 Å². The highest BCUT2D eigenvalue weighted by Gasteiger charge is 1.95. The van der Waals surface area contributed by atoms with Crippen LogP contribution < -0.4 is 10.6 Å². The summed E-state index contributed by atoms with van der Waals surface area (Å²) in [7, 11) is 0. The van der Waals surface area contributed by atoms with Crippen molar-refractivity contribution in [3.05, 3.63) is 12.4 Å². The van der Waals surface area contributed by atoms with E-state index in [2.05, 4.69) is 27.5 Å². The number of anilines is 1. The second-order valence-electron chi connectivity index (χ2n) is 2.73. The zero-order chi connectivity index (χ0) is 10.2. The van der Waals surface area contributed by atoms with Crippen LogP contribution in [0.3, 0.4) is 0 Å². The third kappa shape index (κ3) is 3.93. The van der Waals surface area contributed by atoms with E-state index in [1.165, 1.54) is 0 Å². The van der Waals surface area contributed by atoms with Gasteiger partial charge in [-0.3, -0.25) is 0 Å². The van der Waals surface area contributed by atoms with Crippen LogP contribution in [-0.4, -0.2) is 35.9 Å². The Bertz CT molecular complexity index is 267. The van der Waals surface area contributed by atoms with Gasteiger partial charge in [-0.2, -0.15) is 0 Å². The summed E-state index contributed by atoms with van der Waals surface area (Å²) >= 11 is 1.62. The van der Waals surface area contributed by atoms with Gasteiger partial charge in [0.15, 0.2) is 0 Å². The van der Waals surface area contributed by atoms with E-state index in [0.29, 0.717) is 0 Å². The minimum atomic E-state index is 0.888. The predicted octanol–water partition coefficient (Wildman–Crippen LogP) is 1.22. The average molecular weight is 212 g/mol. The molecule has 14 heavy (non-hydrogen) atoms. The van der Waals surface area contributed by atoms with Crippen molar-refractivity contribution in [2.24, 2.45) is 0 Å². The maximum atomic E-state index is 4.12. The SMILES string of the molecule is CCNCCNc1cc(SC)ncn1. The lowest BCUT2D eigenvalue weighted by Crippen LogP contribution is -2.21. The largest absolute Gasteiger partial charge is 0.369 e. The molecule has 78 valence electrons. The van der Waals surface area contributed by atoms with E-state index in [1.54, 1.807) is 18.1 Å². The molecule has 5 heteroatoms. The molecular formula is C9H16N4S. The summed E-state index contributed by atoms with van der Waals surface area (Å²) in [5, 5.41) is 7.45. The predicted molar refractivity (Wildman–Crippen MR) is 60.8 cm³/mol. The van der Waals surface area contributed by atoms with Crippen molar-refractivity contribution in [3.8, 4) is 0 Å². The summed E-state index contributed by atoms with van der Waals surface area (Å²) in [6.45, 7) is 4.94. The van der Waals surface area contributed by atoms with Crippen LogP contribution in [0.25, 0.3) is 0 Å². The molecule has 0 saturated carbocycles. The van der Waals surface area contributed by atoms with Gasteiger partial charge in [0.1, 0.15) is 17.2 Å². The highest BCUT2D eigenvalue weighted by molar-refractivity contribution is 7.98. The summed E-state index contributed by atoms with van der Waals surface area (Å²) in [4.78, 5) is 8.22. The van der Waals surface area contributed by atoms with Crippen LogP contribution in [0.15, 0.2) is 17.4 Å². The van der Waals surface area contributed by atoms with Crippen molar-refractivity contribution < 1.29 is 0 Å². The Morgan fingerprint density at radius 1 is 1.36 bits per heavy atom. The quantitative estimate of drug-likeness (QED) is 0.422. The van der Waals surface area contributed by atoms with Gasteiger partial charge in [-0.15, -0.1) is 11.8 Å². The molecular weight excluding hydrogens is 196 g/mol. The van der Waals surface area contributed by atoms with Crippen molar-refractivity contribution in [2.45, 2.75) is 11.9 Å². The molecule has 1 aromatic heterocycles. The summed E-state index contributed by atoms with van der Waals surface area (Å²) in [5.41, 5.74) is 0. The number of rotatable bonds is 6.